The van der Waals surface area contributed by atoms with E-state index in [0.717, 1.165) is 6.42 Å². The van der Waals surface area contributed by atoms with Crippen molar-refractivity contribution in [2.75, 3.05) is 11.9 Å². The number of hydrogen-bond donors (Lipinski definition) is 1. The third-order valence-corrected chi connectivity index (χ3v) is 1.29. The van der Waals surface area contributed by atoms with Crippen LogP contribution in [-0.4, -0.2) is 16.5 Å². The maximum Gasteiger partial charge on any atom is 0.217 e. The molecule has 0 aliphatic heterocycles. The van der Waals surface area contributed by atoms with Gasteiger partial charge in [0.1, 0.15) is 12.1 Å². The van der Waals surface area contributed by atoms with Crippen molar-refractivity contribution in [2.45, 2.75) is 6.42 Å². The fourth-order valence-corrected chi connectivity index (χ4v) is 0.733. The number of hydrogen-bond acceptors (Lipinski definition) is 3. The summed E-state index contributed by atoms with van der Waals surface area (Å²) in [6.07, 6.45) is 3.79. The summed E-state index contributed by atoms with van der Waals surface area (Å²) in [6, 6.07) is 1.25. The number of aromatic nitrogens is 2. The zero-order chi connectivity index (χ0) is 8.81. The van der Waals surface area contributed by atoms with Crippen molar-refractivity contribution in [3.05, 3.63) is 31.0 Å². The van der Waals surface area contributed by atoms with E-state index < -0.39 is 5.95 Å². The Labute approximate surface area is 70.4 Å². The lowest BCUT2D eigenvalue weighted by molar-refractivity contribution is 0.580. The quantitative estimate of drug-likeness (QED) is 0.420. The molecule has 1 aromatic rings. The maximum atomic E-state index is 12.5. The highest BCUT2D eigenvalue weighted by Gasteiger charge is 1.94. The average molecular weight is 167 g/mol. The van der Waals surface area contributed by atoms with Gasteiger partial charge in [0, 0.05) is 12.6 Å². The summed E-state index contributed by atoms with van der Waals surface area (Å²) in [7, 11) is 0. The van der Waals surface area contributed by atoms with Crippen LogP contribution in [0.25, 0.3) is 0 Å². The molecular formula is C8H10FN3. The lowest BCUT2D eigenvalue weighted by atomic mass is 10.4. The van der Waals surface area contributed by atoms with Gasteiger partial charge in [0.25, 0.3) is 0 Å². The molecule has 1 N–H and O–H groups in total. The molecule has 0 saturated carbocycles. The molecule has 0 radical (unpaired) electrons. The number of halogens is 1. The molecule has 3 nitrogen and oxygen atoms in total. The first-order valence-electron chi connectivity index (χ1n) is 3.65. The van der Waals surface area contributed by atoms with Gasteiger partial charge in [-0.25, -0.2) is 9.97 Å². The van der Waals surface area contributed by atoms with Gasteiger partial charge < -0.3 is 5.32 Å². The molecule has 0 fully saturated rings. The first-order chi connectivity index (χ1) is 5.83. The summed E-state index contributed by atoms with van der Waals surface area (Å²) < 4.78 is 12.5. The number of nitrogens with one attached hydrogen (secondary N) is 1. The van der Waals surface area contributed by atoms with Crippen LogP contribution in [0.1, 0.15) is 6.42 Å². The molecule has 0 bridgehead atoms. The summed E-state index contributed by atoms with van der Waals surface area (Å²) in [5, 5.41) is 2.92. The third-order valence-electron chi connectivity index (χ3n) is 1.29. The third kappa shape index (κ3) is 2.65. The Hall–Kier alpha value is -1.45. The average Bonchev–Trinajstić information content (AvgIpc) is 2.05. The van der Waals surface area contributed by atoms with Crippen LogP contribution in [0.3, 0.4) is 0 Å². The van der Waals surface area contributed by atoms with Gasteiger partial charge in [-0.15, -0.1) is 6.58 Å². The molecule has 0 spiro atoms. The molecule has 64 valence electrons. The standard InChI is InChI=1S/C8H10FN3/c1-2-3-4-10-8-5-7(9)11-6-12-8/h2,5-6H,1,3-4H2,(H,10,11,12). The Balaban J connectivity index is 2.46. The van der Waals surface area contributed by atoms with E-state index in [0.29, 0.717) is 12.4 Å². The second kappa shape index (κ2) is 4.43. The number of nitrogens with zero attached hydrogens (tertiary/aromatic N) is 2. The van der Waals surface area contributed by atoms with Crippen LogP contribution in [0.4, 0.5) is 10.2 Å². The van der Waals surface area contributed by atoms with Crippen LogP contribution < -0.4 is 5.32 Å². The smallest absolute Gasteiger partial charge is 0.217 e. The highest BCUT2D eigenvalue weighted by atomic mass is 19.1. The summed E-state index contributed by atoms with van der Waals surface area (Å²) in [4.78, 5) is 7.14. The second-order valence-electron chi connectivity index (χ2n) is 2.23. The lowest BCUT2D eigenvalue weighted by Crippen LogP contribution is -2.02. The molecule has 0 aromatic carbocycles. The van der Waals surface area contributed by atoms with E-state index in [9.17, 15) is 4.39 Å². The predicted octanol–water partition coefficient (Wildman–Crippen LogP) is 1.60. The van der Waals surface area contributed by atoms with Gasteiger partial charge in [-0.1, -0.05) is 6.08 Å². The Bertz CT molecular complexity index is 262. The summed E-state index contributed by atoms with van der Waals surface area (Å²) in [5.41, 5.74) is 0. The molecule has 1 aromatic heterocycles. The zero-order valence-electron chi connectivity index (χ0n) is 6.63. The van der Waals surface area contributed by atoms with Gasteiger partial charge in [0.05, 0.1) is 0 Å². The summed E-state index contributed by atoms with van der Waals surface area (Å²) in [5.74, 6) is -0.0181. The summed E-state index contributed by atoms with van der Waals surface area (Å²) in [6.45, 7) is 4.27. The highest BCUT2D eigenvalue weighted by molar-refractivity contribution is 5.31. The van der Waals surface area contributed by atoms with Gasteiger partial charge in [-0.3, -0.25) is 0 Å². The van der Waals surface area contributed by atoms with Crippen LogP contribution in [0, 0.1) is 5.95 Å². The fourth-order valence-electron chi connectivity index (χ4n) is 0.733. The molecular weight excluding hydrogens is 157 g/mol. The minimum atomic E-state index is -0.522. The van der Waals surface area contributed by atoms with E-state index in [1.165, 1.54) is 12.4 Å². The van der Waals surface area contributed by atoms with Crippen LogP contribution in [-0.2, 0) is 0 Å². The fraction of sp³-hybridized carbons (Fsp3) is 0.250. The Morgan fingerprint density at radius 2 is 2.42 bits per heavy atom. The Morgan fingerprint density at radius 3 is 3.08 bits per heavy atom. The monoisotopic (exact) mass is 167 g/mol. The molecule has 1 heterocycles. The largest absolute Gasteiger partial charge is 0.370 e. The second-order valence-corrected chi connectivity index (χ2v) is 2.23. The van der Waals surface area contributed by atoms with E-state index >= 15 is 0 Å². The molecule has 0 atom stereocenters. The SMILES string of the molecule is C=CCCNc1cc(F)ncn1. The van der Waals surface area contributed by atoms with Crippen molar-refractivity contribution in [1.29, 1.82) is 0 Å². The van der Waals surface area contributed by atoms with Crippen LogP contribution in [0.15, 0.2) is 25.0 Å². The minimum Gasteiger partial charge on any atom is -0.370 e. The zero-order valence-corrected chi connectivity index (χ0v) is 6.63. The molecule has 1 rings (SSSR count). The number of anilines is 1. The van der Waals surface area contributed by atoms with Gasteiger partial charge in [-0.2, -0.15) is 4.39 Å². The normalized spacial score (nSPS) is 9.42. The van der Waals surface area contributed by atoms with E-state index in [-0.39, 0.29) is 0 Å². The van der Waals surface area contributed by atoms with Crippen molar-refractivity contribution in [2.24, 2.45) is 0 Å². The van der Waals surface area contributed by atoms with Crippen molar-refractivity contribution in [3.63, 3.8) is 0 Å². The van der Waals surface area contributed by atoms with Gasteiger partial charge >= 0.3 is 0 Å². The number of rotatable bonds is 4. The predicted molar refractivity (Wildman–Crippen MR) is 45.3 cm³/mol. The molecule has 0 aliphatic carbocycles. The molecule has 0 saturated heterocycles. The molecule has 0 aliphatic rings. The van der Waals surface area contributed by atoms with Crippen LogP contribution >= 0.6 is 0 Å². The van der Waals surface area contributed by atoms with E-state index in [1.54, 1.807) is 6.08 Å². The van der Waals surface area contributed by atoms with Crippen LogP contribution in [0.5, 0.6) is 0 Å². The maximum absolute atomic E-state index is 12.5. The molecule has 0 amide bonds. The van der Waals surface area contributed by atoms with Gasteiger partial charge in [0.2, 0.25) is 5.95 Å². The van der Waals surface area contributed by atoms with Gasteiger partial charge in [0.15, 0.2) is 0 Å². The van der Waals surface area contributed by atoms with Crippen molar-refractivity contribution >= 4 is 5.82 Å². The molecule has 0 unspecified atom stereocenters. The first-order valence-corrected chi connectivity index (χ1v) is 3.65. The van der Waals surface area contributed by atoms with Crippen LogP contribution in [0.2, 0.25) is 0 Å². The Kier molecular flexibility index (Phi) is 3.19. The first kappa shape index (κ1) is 8.64. The van der Waals surface area contributed by atoms with E-state index in [4.69, 9.17) is 0 Å². The minimum absolute atomic E-state index is 0.504. The highest BCUT2D eigenvalue weighted by Crippen LogP contribution is 2.01. The Morgan fingerprint density at radius 1 is 1.58 bits per heavy atom. The summed E-state index contributed by atoms with van der Waals surface area (Å²) >= 11 is 0. The van der Waals surface area contributed by atoms with E-state index in [2.05, 4.69) is 21.9 Å². The van der Waals surface area contributed by atoms with Crippen molar-refractivity contribution < 1.29 is 4.39 Å². The lowest BCUT2D eigenvalue weighted by Gasteiger charge is -2.01. The topological polar surface area (TPSA) is 37.8 Å². The van der Waals surface area contributed by atoms with E-state index in [1.807, 2.05) is 0 Å². The molecule has 12 heavy (non-hydrogen) atoms. The van der Waals surface area contributed by atoms with Crippen molar-refractivity contribution in [1.82, 2.24) is 9.97 Å². The van der Waals surface area contributed by atoms with Gasteiger partial charge in [-0.05, 0) is 6.42 Å². The molecule has 4 heteroatoms. The van der Waals surface area contributed by atoms with Crippen molar-refractivity contribution in [3.8, 4) is 0 Å².